The highest BCUT2D eigenvalue weighted by molar-refractivity contribution is 7.21. The first-order valence-corrected chi connectivity index (χ1v) is 17.0. The molecule has 0 aliphatic heterocycles. The summed E-state index contributed by atoms with van der Waals surface area (Å²) in [5.41, 5.74) is 6.44. The zero-order valence-electron chi connectivity index (χ0n) is 25.5. The Balaban J connectivity index is 1.26. The molecule has 6 aromatic rings. The molecule has 2 aliphatic carbocycles. The molecule has 234 valence electrons. The first kappa shape index (κ1) is 29.7. The molecule has 2 heterocycles. The van der Waals surface area contributed by atoms with Crippen molar-refractivity contribution >= 4 is 84.2 Å². The van der Waals surface area contributed by atoms with Gasteiger partial charge in [-0.2, -0.15) is 8.75 Å². The molecule has 0 amide bonds. The van der Waals surface area contributed by atoms with E-state index in [2.05, 4.69) is 93.2 Å². The van der Waals surface area contributed by atoms with Gasteiger partial charge in [0.1, 0.15) is 28.4 Å². The number of thiophene rings is 1. The maximum Gasteiger partial charge on any atom is 0.188 e. The highest BCUT2D eigenvalue weighted by Crippen LogP contribution is 2.50. The van der Waals surface area contributed by atoms with E-state index in [1.54, 1.807) is 17.4 Å². The van der Waals surface area contributed by atoms with Crippen LogP contribution >= 0.6 is 23.1 Å². The number of hydrogen-bond donors (Lipinski definition) is 0. The van der Waals surface area contributed by atoms with Gasteiger partial charge in [0, 0.05) is 44.4 Å². The zero-order valence-corrected chi connectivity index (χ0v) is 27.1. The van der Waals surface area contributed by atoms with Crippen molar-refractivity contribution < 1.29 is 18.4 Å². The molecule has 2 saturated carbocycles. The predicted molar refractivity (Wildman–Crippen MR) is 186 cm³/mol. The molecule has 2 aliphatic rings. The molecule has 0 radical (unpaired) electrons. The summed E-state index contributed by atoms with van der Waals surface area (Å²) in [6.07, 6.45) is -4.09. The number of rotatable bonds is 5. The SMILES string of the molecule is Cc1ccc(N(c2ccc(C)cc2)c2sc(-c3ccc(N=C4C(=O)C5CC(F)C(F)CC5C4=O)c4nsnc34)c3ccccc23)cc1. The van der Waals surface area contributed by atoms with Gasteiger partial charge in [-0.25, -0.2) is 13.8 Å². The largest absolute Gasteiger partial charge is 0.301 e. The van der Waals surface area contributed by atoms with Crippen LogP contribution in [0, 0.1) is 25.7 Å². The summed E-state index contributed by atoms with van der Waals surface area (Å²) >= 11 is 2.68. The number of aromatic nitrogens is 2. The summed E-state index contributed by atoms with van der Waals surface area (Å²) in [6.45, 7) is 4.15. The van der Waals surface area contributed by atoms with Crippen molar-refractivity contribution in [2.24, 2.45) is 16.8 Å². The molecule has 10 heteroatoms. The first-order chi connectivity index (χ1) is 22.8. The van der Waals surface area contributed by atoms with Crippen molar-refractivity contribution in [1.29, 1.82) is 0 Å². The summed E-state index contributed by atoms with van der Waals surface area (Å²) in [6, 6.07) is 28.9. The molecule has 2 aromatic heterocycles. The van der Waals surface area contributed by atoms with Crippen molar-refractivity contribution in [3.05, 3.63) is 96.1 Å². The maximum atomic E-state index is 14.1. The number of carbonyl (C=O) groups excluding carboxylic acids is 2. The molecule has 4 atom stereocenters. The van der Waals surface area contributed by atoms with Crippen LogP contribution in [0.3, 0.4) is 0 Å². The molecule has 6 nitrogen and oxygen atoms in total. The van der Waals surface area contributed by atoms with Gasteiger partial charge >= 0.3 is 0 Å². The maximum absolute atomic E-state index is 14.1. The summed E-state index contributed by atoms with van der Waals surface area (Å²) in [4.78, 5) is 34.1. The second-order valence-electron chi connectivity index (χ2n) is 12.3. The van der Waals surface area contributed by atoms with Crippen molar-refractivity contribution in [3.63, 3.8) is 0 Å². The number of alkyl halides is 2. The van der Waals surface area contributed by atoms with Gasteiger partial charge in [-0.3, -0.25) is 9.59 Å². The molecular weight excluding hydrogens is 635 g/mol. The van der Waals surface area contributed by atoms with E-state index < -0.39 is 35.7 Å². The highest BCUT2D eigenvalue weighted by Gasteiger charge is 2.52. The quantitative estimate of drug-likeness (QED) is 0.184. The Bertz CT molecular complexity index is 2150. The van der Waals surface area contributed by atoms with Gasteiger partial charge in [-0.15, -0.1) is 11.3 Å². The monoisotopic (exact) mass is 662 g/mol. The van der Waals surface area contributed by atoms with E-state index in [9.17, 15) is 18.4 Å². The van der Waals surface area contributed by atoms with Crippen LogP contribution in [-0.2, 0) is 9.59 Å². The van der Waals surface area contributed by atoms with Crippen LogP contribution in [0.1, 0.15) is 24.0 Å². The minimum atomic E-state index is -1.75. The standard InChI is InChI=1S/C37H28F2N4O2S2/c1-19-7-11-21(12-8-19)43(22-13-9-20(2)10-14-22)37-24-6-4-3-5-23(24)36(46-37)25-15-16-30(32-31(25)41-47-42-32)40-33-34(44)26-17-28(38)29(39)18-27(26)35(33)45/h3-16,26-29H,17-18H2,1-2H3. The van der Waals surface area contributed by atoms with Crippen LogP contribution in [-0.4, -0.2) is 38.4 Å². The average Bonchev–Trinajstić information content (AvgIpc) is 3.77. The highest BCUT2D eigenvalue weighted by atomic mass is 32.1. The predicted octanol–water partition coefficient (Wildman–Crippen LogP) is 9.59. The molecule has 0 spiro atoms. The second kappa shape index (κ2) is 11.5. The number of benzene rings is 4. The van der Waals surface area contributed by atoms with Gasteiger partial charge in [0.2, 0.25) is 0 Å². The van der Waals surface area contributed by atoms with Gasteiger partial charge in [0.25, 0.3) is 0 Å². The molecule has 8 rings (SSSR count). The topological polar surface area (TPSA) is 75.5 Å². The van der Waals surface area contributed by atoms with E-state index >= 15 is 0 Å². The average molecular weight is 663 g/mol. The second-order valence-corrected chi connectivity index (χ2v) is 13.8. The third-order valence-electron chi connectivity index (χ3n) is 9.24. The van der Waals surface area contributed by atoms with E-state index in [1.165, 1.54) is 11.1 Å². The van der Waals surface area contributed by atoms with Gasteiger partial charge in [-0.05, 0) is 63.1 Å². The fraction of sp³-hybridized carbons (Fsp3) is 0.216. The summed E-state index contributed by atoms with van der Waals surface area (Å²) in [7, 11) is 0. The zero-order chi connectivity index (χ0) is 32.4. The molecular formula is C37H28F2N4O2S2. The van der Waals surface area contributed by atoms with E-state index in [4.69, 9.17) is 0 Å². The molecule has 0 N–H and O–H groups in total. The number of halogens is 2. The Hall–Kier alpha value is -4.67. The minimum absolute atomic E-state index is 0.251. The van der Waals surface area contributed by atoms with E-state index in [1.807, 2.05) is 18.2 Å². The van der Waals surface area contributed by atoms with Crippen molar-refractivity contribution in [1.82, 2.24) is 8.75 Å². The number of ketones is 2. The number of nitrogens with zero attached hydrogens (tertiary/aromatic N) is 4. The van der Waals surface area contributed by atoms with Gasteiger partial charge in [0.05, 0.1) is 17.4 Å². The van der Waals surface area contributed by atoms with Crippen LogP contribution < -0.4 is 4.90 Å². The third-order valence-corrected chi connectivity index (χ3v) is 11.0. The van der Waals surface area contributed by atoms with Crippen molar-refractivity contribution in [3.8, 4) is 10.4 Å². The van der Waals surface area contributed by atoms with Gasteiger partial charge in [0.15, 0.2) is 17.3 Å². The molecule has 47 heavy (non-hydrogen) atoms. The summed E-state index contributed by atoms with van der Waals surface area (Å²) in [5, 5.41) is 3.18. The lowest BCUT2D eigenvalue weighted by molar-refractivity contribution is -0.123. The van der Waals surface area contributed by atoms with Crippen LogP contribution in [0.4, 0.5) is 30.8 Å². The fourth-order valence-corrected chi connectivity index (χ4v) is 8.65. The molecule has 4 unspecified atom stereocenters. The van der Waals surface area contributed by atoms with E-state index in [-0.39, 0.29) is 18.6 Å². The Morgan fingerprint density at radius 3 is 1.87 bits per heavy atom. The number of anilines is 3. The van der Waals surface area contributed by atoms with Crippen molar-refractivity contribution in [2.45, 2.75) is 39.0 Å². The minimum Gasteiger partial charge on any atom is -0.301 e. The smallest absolute Gasteiger partial charge is 0.188 e. The summed E-state index contributed by atoms with van der Waals surface area (Å²) < 4.78 is 37.4. The number of carbonyl (C=O) groups is 2. The summed E-state index contributed by atoms with van der Waals surface area (Å²) in [5.74, 6) is -2.77. The number of Topliss-reactive ketones (excluding diaryl/α,β-unsaturated/α-hetero) is 2. The fourth-order valence-electron chi connectivity index (χ4n) is 6.73. The van der Waals surface area contributed by atoms with E-state index in [0.29, 0.717) is 16.7 Å². The van der Waals surface area contributed by atoms with Gasteiger partial charge < -0.3 is 4.90 Å². The molecule has 0 bridgehead atoms. The van der Waals surface area contributed by atoms with Crippen molar-refractivity contribution in [2.75, 3.05) is 4.90 Å². The molecule has 4 aromatic carbocycles. The Labute approximate surface area is 277 Å². The number of aryl methyl sites for hydroxylation is 2. The number of aliphatic imine (C=N–C) groups is 1. The molecule has 2 fully saturated rings. The lowest BCUT2D eigenvalue weighted by Crippen LogP contribution is -2.35. The normalized spacial score (nSPS) is 21.1. The first-order valence-electron chi connectivity index (χ1n) is 15.4. The van der Waals surface area contributed by atoms with Gasteiger partial charge in [-0.1, -0.05) is 59.7 Å². The lowest BCUT2D eigenvalue weighted by atomic mass is 9.79. The number of fused-ring (bicyclic) bond motifs is 3. The van der Waals surface area contributed by atoms with E-state index in [0.717, 1.165) is 49.3 Å². The third kappa shape index (κ3) is 4.98. The van der Waals surface area contributed by atoms with Crippen LogP contribution in [0.2, 0.25) is 0 Å². The lowest BCUT2D eigenvalue weighted by Gasteiger charge is -2.27. The van der Waals surface area contributed by atoms with Crippen LogP contribution in [0.5, 0.6) is 0 Å². The van der Waals surface area contributed by atoms with Crippen LogP contribution in [0.25, 0.3) is 32.2 Å². The Morgan fingerprint density at radius 2 is 1.28 bits per heavy atom. The Morgan fingerprint density at radius 1 is 0.723 bits per heavy atom. The van der Waals surface area contributed by atoms with Crippen LogP contribution in [0.15, 0.2) is 89.9 Å². The Kier molecular flexibility index (Phi) is 7.29. The number of hydrogen-bond acceptors (Lipinski definition) is 8. The molecule has 0 saturated heterocycles.